The highest BCUT2D eigenvalue weighted by molar-refractivity contribution is 9.10. The molecule has 0 aliphatic carbocycles. The molecule has 2 heterocycles. The van der Waals surface area contributed by atoms with Crippen LogP contribution in [0.15, 0.2) is 75.2 Å². The number of ether oxygens (including phenoxy) is 1. The average Bonchev–Trinajstić information content (AvgIpc) is 2.84. The number of hydrogen-bond donors (Lipinski definition) is 0. The van der Waals surface area contributed by atoms with Crippen molar-refractivity contribution in [1.29, 1.82) is 0 Å². The van der Waals surface area contributed by atoms with Crippen molar-refractivity contribution in [2.45, 2.75) is 26.2 Å². The van der Waals surface area contributed by atoms with Crippen molar-refractivity contribution in [2.24, 2.45) is 5.10 Å². The summed E-state index contributed by atoms with van der Waals surface area (Å²) in [5.74, 6) is 1.21. The van der Waals surface area contributed by atoms with E-state index in [9.17, 15) is 14.9 Å². The standard InChI is InChI=1S/C24H20BrN5O4/c1-2-3-8-22-28-20-11-9-17(25)13-19(20)24(31)29(22)27-14-16-6-4-5-7-21(16)34-23-12-10-18(15-26-23)30(32)33/h4-7,9-15H,2-3,8H2,1H3. The summed E-state index contributed by atoms with van der Waals surface area (Å²) in [7, 11) is 0. The third kappa shape index (κ3) is 5.18. The van der Waals surface area contributed by atoms with Crippen molar-refractivity contribution in [3.8, 4) is 11.6 Å². The lowest BCUT2D eigenvalue weighted by Gasteiger charge is -2.10. The molecule has 0 spiro atoms. The lowest BCUT2D eigenvalue weighted by atomic mass is 10.2. The molecule has 0 saturated carbocycles. The fourth-order valence-electron chi connectivity index (χ4n) is 3.26. The van der Waals surface area contributed by atoms with Crippen LogP contribution in [-0.4, -0.2) is 25.8 Å². The first-order valence-corrected chi connectivity index (χ1v) is 11.4. The summed E-state index contributed by atoms with van der Waals surface area (Å²) in [6, 6.07) is 15.2. The van der Waals surface area contributed by atoms with Crippen LogP contribution in [0.25, 0.3) is 10.9 Å². The molecule has 0 unspecified atom stereocenters. The van der Waals surface area contributed by atoms with Gasteiger partial charge in [0, 0.05) is 28.6 Å². The van der Waals surface area contributed by atoms with Crippen molar-refractivity contribution in [3.63, 3.8) is 0 Å². The number of aryl methyl sites for hydroxylation is 1. The molecule has 0 radical (unpaired) electrons. The van der Waals surface area contributed by atoms with E-state index in [0.717, 1.165) is 23.5 Å². The van der Waals surface area contributed by atoms with Gasteiger partial charge in [-0.15, -0.1) is 0 Å². The van der Waals surface area contributed by atoms with E-state index >= 15 is 0 Å². The third-order valence-electron chi connectivity index (χ3n) is 5.01. The first-order chi connectivity index (χ1) is 16.5. The van der Waals surface area contributed by atoms with Gasteiger partial charge in [-0.05, 0) is 36.8 Å². The highest BCUT2D eigenvalue weighted by Gasteiger charge is 2.12. The summed E-state index contributed by atoms with van der Waals surface area (Å²) in [5, 5.41) is 15.8. The second kappa shape index (κ2) is 10.3. The number of unbranched alkanes of at least 4 members (excludes halogenated alkanes) is 1. The second-order valence-corrected chi connectivity index (χ2v) is 8.32. The number of hydrogen-bond acceptors (Lipinski definition) is 7. The molecule has 10 heteroatoms. The van der Waals surface area contributed by atoms with Gasteiger partial charge in [0.1, 0.15) is 17.8 Å². The van der Waals surface area contributed by atoms with E-state index in [1.165, 1.54) is 23.0 Å². The summed E-state index contributed by atoms with van der Waals surface area (Å²) in [4.78, 5) is 32.2. The Labute approximate surface area is 203 Å². The van der Waals surface area contributed by atoms with Crippen molar-refractivity contribution in [3.05, 3.63) is 97.1 Å². The van der Waals surface area contributed by atoms with Crippen LogP contribution in [0.2, 0.25) is 0 Å². The SMILES string of the molecule is CCCCc1nc2ccc(Br)cc2c(=O)n1N=Cc1ccccc1Oc1ccc([N+](=O)[O-])cn1. The topological polar surface area (TPSA) is 113 Å². The maximum absolute atomic E-state index is 13.2. The van der Waals surface area contributed by atoms with Crippen LogP contribution < -0.4 is 10.3 Å². The molecule has 4 rings (SSSR count). The number of pyridine rings is 1. The number of fused-ring (bicyclic) bond motifs is 1. The van der Waals surface area contributed by atoms with Gasteiger partial charge in [0.05, 0.1) is 22.0 Å². The zero-order valence-corrected chi connectivity index (χ0v) is 19.8. The van der Waals surface area contributed by atoms with Gasteiger partial charge in [0.25, 0.3) is 11.2 Å². The Balaban J connectivity index is 1.71. The molecule has 34 heavy (non-hydrogen) atoms. The van der Waals surface area contributed by atoms with Crippen molar-refractivity contribution in [1.82, 2.24) is 14.6 Å². The van der Waals surface area contributed by atoms with Gasteiger partial charge in [0.2, 0.25) is 5.88 Å². The maximum atomic E-state index is 13.2. The Morgan fingerprint density at radius 2 is 2.03 bits per heavy atom. The fourth-order valence-corrected chi connectivity index (χ4v) is 3.63. The maximum Gasteiger partial charge on any atom is 0.287 e. The van der Waals surface area contributed by atoms with Gasteiger partial charge in [-0.3, -0.25) is 14.9 Å². The molecule has 2 aromatic carbocycles. The number of nitrogens with zero attached hydrogens (tertiary/aromatic N) is 5. The number of aromatic nitrogens is 3. The van der Waals surface area contributed by atoms with Gasteiger partial charge in [0.15, 0.2) is 0 Å². The van der Waals surface area contributed by atoms with Crippen LogP contribution in [0.4, 0.5) is 5.69 Å². The zero-order valence-electron chi connectivity index (χ0n) is 18.2. The molecular formula is C24H20BrN5O4. The molecule has 9 nitrogen and oxygen atoms in total. The molecular weight excluding hydrogens is 502 g/mol. The molecule has 0 saturated heterocycles. The molecule has 0 N–H and O–H groups in total. The quantitative estimate of drug-likeness (QED) is 0.172. The molecule has 172 valence electrons. The highest BCUT2D eigenvalue weighted by atomic mass is 79.9. The Morgan fingerprint density at radius 1 is 1.21 bits per heavy atom. The van der Waals surface area contributed by atoms with E-state index in [-0.39, 0.29) is 17.1 Å². The summed E-state index contributed by atoms with van der Waals surface area (Å²) < 4.78 is 7.92. The Morgan fingerprint density at radius 3 is 2.76 bits per heavy atom. The van der Waals surface area contributed by atoms with Gasteiger partial charge in [-0.25, -0.2) is 9.97 Å². The molecule has 0 bridgehead atoms. The summed E-state index contributed by atoms with van der Waals surface area (Å²) in [6.45, 7) is 2.07. The van der Waals surface area contributed by atoms with E-state index in [0.29, 0.717) is 34.5 Å². The van der Waals surface area contributed by atoms with Crippen LogP contribution in [0.1, 0.15) is 31.2 Å². The van der Waals surface area contributed by atoms with Gasteiger partial charge < -0.3 is 4.74 Å². The minimum absolute atomic E-state index is 0.128. The molecule has 0 amide bonds. The van der Waals surface area contributed by atoms with E-state index < -0.39 is 4.92 Å². The lowest BCUT2D eigenvalue weighted by Crippen LogP contribution is -2.22. The minimum atomic E-state index is -0.526. The first-order valence-electron chi connectivity index (χ1n) is 10.6. The van der Waals surface area contributed by atoms with E-state index in [1.54, 1.807) is 24.3 Å². The van der Waals surface area contributed by atoms with Crippen LogP contribution in [0.3, 0.4) is 0 Å². The molecule has 0 fully saturated rings. The molecule has 4 aromatic rings. The fraction of sp³-hybridized carbons (Fsp3) is 0.167. The molecule has 0 atom stereocenters. The number of para-hydroxylation sites is 1. The number of nitro groups is 1. The van der Waals surface area contributed by atoms with E-state index in [4.69, 9.17) is 4.74 Å². The third-order valence-corrected chi connectivity index (χ3v) is 5.50. The second-order valence-electron chi connectivity index (χ2n) is 7.41. The van der Waals surface area contributed by atoms with E-state index in [2.05, 4.69) is 37.9 Å². The largest absolute Gasteiger partial charge is 0.438 e. The van der Waals surface area contributed by atoms with Crippen LogP contribution in [0.5, 0.6) is 11.6 Å². The summed E-state index contributed by atoms with van der Waals surface area (Å²) in [5.41, 5.74) is 0.838. The monoisotopic (exact) mass is 521 g/mol. The van der Waals surface area contributed by atoms with Crippen LogP contribution >= 0.6 is 15.9 Å². The predicted octanol–water partition coefficient (Wildman–Crippen LogP) is 5.48. The normalized spacial score (nSPS) is 11.2. The zero-order chi connectivity index (χ0) is 24.1. The summed E-state index contributed by atoms with van der Waals surface area (Å²) >= 11 is 3.41. The Bertz CT molecular complexity index is 1430. The van der Waals surface area contributed by atoms with Gasteiger partial charge >= 0.3 is 0 Å². The number of rotatable bonds is 8. The molecule has 0 aliphatic rings. The number of benzene rings is 2. The Hall–Kier alpha value is -3.92. The van der Waals surface area contributed by atoms with Crippen LogP contribution in [0, 0.1) is 10.1 Å². The van der Waals surface area contributed by atoms with Gasteiger partial charge in [-0.1, -0.05) is 41.4 Å². The van der Waals surface area contributed by atoms with Crippen molar-refractivity contribution < 1.29 is 9.66 Å². The van der Waals surface area contributed by atoms with Crippen molar-refractivity contribution >= 4 is 38.7 Å². The smallest absolute Gasteiger partial charge is 0.287 e. The minimum Gasteiger partial charge on any atom is -0.438 e. The Kier molecular flexibility index (Phi) is 7.07. The van der Waals surface area contributed by atoms with Crippen LogP contribution in [-0.2, 0) is 6.42 Å². The van der Waals surface area contributed by atoms with Gasteiger partial charge in [-0.2, -0.15) is 9.78 Å². The van der Waals surface area contributed by atoms with Crippen molar-refractivity contribution in [2.75, 3.05) is 0 Å². The first kappa shape index (κ1) is 23.2. The molecule has 2 aromatic heterocycles. The van der Waals surface area contributed by atoms with E-state index in [1.807, 2.05) is 18.2 Å². The average molecular weight is 522 g/mol. The predicted molar refractivity (Wildman–Crippen MR) is 133 cm³/mol. The number of halogens is 1. The summed E-state index contributed by atoms with van der Waals surface area (Å²) in [6.07, 6.45) is 5.10. The molecule has 0 aliphatic heterocycles. The lowest BCUT2D eigenvalue weighted by molar-refractivity contribution is -0.385. The highest BCUT2D eigenvalue weighted by Crippen LogP contribution is 2.24.